The summed E-state index contributed by atoms with van der Waals surface area (Å²) in [5.41, 5.74) is 6.69. The Labute approximate surface area is 97.3 Å². The topological polar surface area (TPSA) is 69.6 Å². The van der Waals surface area contributed by atoms with Crippen LogP contribution in [0.15, 0.2) is 18.6 Å². The van der Waals surface area contributed by atoms with Crippen molar-refractivity contribution in [3.8, 4) is 11.8 Å². The van der Waals surface area contributed by atoms with Crippen molar-refractivity contribution in [2.45, 2.75) is 0 Å². The highest BCUT2D eigenvalue weighted by Gasteiger charge is 2.03. The number of rotatable bonds is 0. The molecule has 0 aliphatic heterocycles. The van der Waals surface area contributed by atoms with E-state index in [0.29, 0.717) is 11.3 Å². The second kappa shape index (κ2) is 4.21. The van der Waals surface area contributed by atoms with E-state index in [-0.39, 0.29) is 11.0 Å². The van der Waals surface area contributed by atoms with E-state index < -0.39 is 0 Å². The normalized spacial score (nSPS) is 9.62. The first kappa shape index (κ1) is 10.5. The summed E-state index contributed by atoms with van der Waals surface area (Å²) in [6.45, 7) is 0. The van der Waals surface area contributed by atoms with E-state index in [0.717, 1.165) is 0 Å². The van der Waals surface area contributed by atoms with Gasteiger partial charge in [0.1, 0.15) is 28.6 Å². The van der Waals surface area contributed by atoms with Gasteiger partial charge in [0.15, 0.2) is 0 Å². The fourth-order valence-corrected chi connectivity index (χ4v) is 1.29. The molecule has 0 aliphatic rings. The number of halogens is 1. The number of nitrogens with zero attached hydrogens (tertiary/aromatic N) is 4. The average molecular weight is 234 g/mol. The number of aromatic nitrogens is 4. The van der Waals surface area contributed by atoms with Gasteiger partial charge in [-0.05, 0) is 12.0 Å². The Kier molecular flexibility index (Phi) is 2.75. The van der Waals surface area contributed by atoms with Crippen LogP contribution in [0, 0.1) is 11.8 Å². The molecule has 0 aliphatic carbocycles. The van der Waals surface area contributed by atoms with E-state index >= 15 is 0 Å². The van der Waals surface area contributed by atoms with Crippen molar-refractivity contribution >= 4 is 17.4 Å². The van der Waals surface area contributed by atoms with Gasteiger partial charge >= 0.3 is 0 Å². The summed E-state index contributed by atoms with van der Waals surface area (Å²) >= 11 is 5.84. The fraction of sp³-hybridized carbons (Fsp3) is 0.100. The SMILES string of the molecule is Cn1ccc(C#Cc2c(N)ncnc2Cl)n1. The Bertz CT molecular complexity index is 558. The Morgan fingerprint density at radius 2 is 2.19 bits per heavy atom. The van der Waals surface area contributed by atoms with Crippen LogP contribution in [-0.2, 0) is 7.05 Å². The zero-order valence-corrected chi connectivity index (χ0v) is 9.23. The zero-order valence-electron chi connectivity index (χ0n) is 8.48. The first-order valence-corrected chi connectivity index (χ1v) is 4.82. The van der Waals surface area contributed by atoms with Crippen molar-refractivity contribution in [1.82, 2.24) is 19.7 Å². The molecule has 2 aromatic rings. The quantitative estimate of drug-likeness (QED) is 0.541. The van der Waals surface area contributed by atoms with Gasteiger partial charge in [-0.2, -0.15) is 5.10 Å². The third kappa shape index (κ3) is 2.12. The maximum Gasteiger partial charge on any atom is 0.150 e. The lowest BCUT2D eigenvalue weighted by molar-refractivity contribution is 0.764. The maximum absolute atomic E-state index is 5.84. The van der Waals surface area contributed by atoms with Crippen LogP contribution in [0.5, 0.6) is 0 Å². The van der Waals surface area contributed by atoms with Crippen molar-refractivity contribution in [2.24, 2.45) is 7.05 Å². The Hall–Kier alpha value is -2.06. The van der Waals surface area contributed by atoms with Crippen LogP contribution < -0.4 is 5.73 Å². The molecule has 0 saturated carbocycles. The highest BCUT2D eigenvalue weighted by molar-refractivity contribution is 6.30. The molecule has 2 aromatic heterocycles. The van der Waals surface area contributed by atoms with Crippen LogP contribution in [0.25, 0.3) is 0 Å². The van der Waals surface area contributed by atoms with Gasteiger partial charge < -0.3 is 5.73 Å². The van der Waals surface area contributed by atoms with Gasteiger partial charge in [0.2, 0.25) is 0 Å². The number of aryl methyl sites for hydroxylation is 1. The molecule has 0 aromatic carbocycles. The molecule has 0 fully saturated rings. The van der Waals surface area contributed by atoms with E-state index in [1.54, 1.807) is 16.9 Å². The molecule has 0 radical (unpaired) electrons. The minimum Gasteiger partial charge on any atom is -0.383 e. The van der Waals surface area contributed by atoms with Crippen LogP contribution in [0.4, 0.5) is 5.82 Å². The number of nitrogens with two attached hydrogens (primary N) is 1. The van der Waals surface area contributed by atoms with Crippen molar-refractivity contribution in [3.05, 3.63) is 35.0 Å². The smallest absolute Gasteiger partial charge is 0.150 e. The molecule has 0 saturated heterocycles. The molecule has 80 valence electrons. The van der Waals surface area contributed by atoms with E-state index in [1.807, 2.05) is 7.05 Å². The largest absolute Gasteiger partial charge is 0.383 e. The Balaban J connectivity index is 2.38. The van der Waals surface area contributed by atoms with Crippen molar-refractivity contribution in [3.63, 3.8) is 0 Å². The minimum atomic E-state index is 0.246. The molecule has 16 heavy (non-hydrogen) atoms. The lowest BCUT2D eigenvalue weighted by Crippen LogP contribution is -1.96. The third-order valence-electron chi connectivity index (χ3n) is 1.86. The molecule has 0 atom stereocenters. The lowest BCUT2D eigenvalue weighted by atomic mass is 10.3. The summed E-state index contributed by atoms with van der Waals surface area (Å²) in [5, 5.41) is 4.35. The summed E-state index contributed by atoms with van der Waals surface area (Å²) in [4.78, 5) is 7.62. The highest BCUT2D eigenvalue weighted by atomic mass is 35.5. The number of hydrogen-bond acceptors (Lipinski definition) is 4. The summed E-state index contributed by atoms with van der Waals surface area (Å²) in [6, 6.07) is 1.79. The highest BCUT2D eigenvalue weighted by Crippen LogP contribution is 2.15. The minimum absolute atomic E-state index is 0.246. The van der Waals surface area contributed by atoms with Crippen LogP contribution in [-0.4, -0.2) is 19.7 Å². The van der Waals surface area contributed by atoms with Crippen LogP contribution in [0.1, 0.15) is 11.3 Å². The molecule has 5 nitrogen and oxygen atoms in total. The molecule has 0 amide bonds. The summed E-state index contributed by atoms with van der Waals surface area (Å²) in [7, 11) is 1.82. The number of hydrogen-bond donors (Lipinski definition) is 1. The molecule has 0 bridgehead atoms. The molecule has 2 heterocycles. The van der Waals surface area contributed by atoms with E-state index in [1.165, 1.54) is 6.33 Å². The molecule has 0 spiro atoms. The predicted molar refractivity (Wildman–Crippen MR) is 60.6 cm³/mol. The third-order valence-corrected chi connectivity index (χ3v) is 2.15. The molecule has 0 unspecified atom stereocenters. The summed E-state index contributed by atoms with van der Waals surface area (Å²) in [5.74, 6) is 5.91. The first-order valence-electron chi connectivity index (χ1n) is 4.44. The average Bonchev–Trinajstić information content (AvgIpc) is 2.63. The van der Waals surface area contributed by atoms with Gasteiger partial charge in [-0.1, -0.05) is 17.5 Å². The molecule has 2 N–H and O–H groups in total. The van der Waals surface area contributed by atoms with Crippen molar-refractivity contribution in [1.29, 1.82) is 0 Å². The van der Waals surface area contributed by atoms with Gasteiger partial charge in [0, 0.05) is 13.2 Å². The molecule has 6 heteroatoms. The second-order valence-corrected chi connectivity index (χ2v) is 3.41. The predicted octanol–water partition coefficient (Wildman–Crippen LogP) is 0.845. The monoisotopic (exact) mass is 233 g/mol. The van der Waals surface area contributed by atoms with Gasteiger partial charge in [0.25, 0.3) is 0 Å². The van der Waals surface area contributed by atoms with Gasteiger partial charge in [-0.3, -0.25) is 4.68 Å². The zero-order chi connectivity index (χ0) is 11.5. The first-order chi connectivity index (χ1) is 7.66. The van der Waals surface area contributed by atoms with Crippen LogP contribution in [0.2, 0.25) is 5.15 Å². The van der Waals surface area contributed by atoms with Crippen LogP contribution >= 0.6 is 11.6 Å². The lowest BCUT2D eigenvalue weighted by Gasteiger charge is -1.96. The Morgan fingerprint density at radius 3 is 2.81 bits per heavy atom. The molecular formula is C10H8ClN5. The molecular weight excluding hydrogens is 226 g/mol. The standard InChI is InChI=1S/C10H8ClN5/c1-16-5-4-7(15-16)2-3-8-9(11)13-6-14-10(8)12/h4-6H,1H3,(H2,12,13,14). The van der Waals surface area contributed by atoms with E-state index in [2.05, 4.69) is 26.9 Å². The van der Waals surface area contributed by atoms with E-state index in [9.17, 15) is 0 Å². The van der Waals surface area contributed by atoms with Crippen molar-refractivity contribution in [2.75, 3.05) is 5.73 Å². The van der Waals surface area contributed by atoms with Gasteiger partial charge in [-0.25, -0.2) is 9.97 Å². The molecule has 2 rings (SSSR count). The fourth-order valence-electron chi connectivity index (χ4n) is 1.10. The van der Waals surface area contributed by atoms with Gasteiger partial charge in [-0.15, -0.1) is 0 Å². The van der Waals surface area contributed by atoms with Crippen LogP contribution in [0.3, 0.4) is 0 Å². The number of anilines is 1. The Morgan fingerprint density at radius 1 is 1.38 bits per heavy atom. The number of nitrogen functional groups attached to an aromatic ring is 1. The summed E-state index contributed by atoms with van der Waals surface area (Å²) in [6.07, 6.45) is 3.10. The van der Waals surface area contributed by atoms with Crippen molar-refractivity contribution < 1.29 is 0 Å². The van der Waals surface area contributed by atoms with Gasteiger partial charge in [0.05, 0.1) is 0 Å². The maximum atomic E-state index is 5.84. The second-order valence-electron chi connectivity index (χ2n) is 3.05. The van der Waals surface area contributed by atoms with E-state index in [4.69, 9.17) is 17.3 Å². The summed E-state index contributed by atoms with van der Waals surface area (Å²) < 4.78 is 1.66.